The molecular formula is C13H14ClFN2S. The second-order valence-electron chi connectivity index (χ2n) is 4.08. The summed E-state index contributed by atoms with van der Waals surface area (Å²) in [6, 6.07) is 6.96. The number of rotatable bonds is 4. The van der Waals surface area contributed by atoms with Gasteiger partial charge < -0.3 is 10.6 Å². The molecule has 2 aromatic rings. The predicted molar refractivity (Wildman–Crippen MR) is 77.1 cm³/mol. The number of benzene rings is 1. The molecule has 5 heteroatoms. The lowest BCUT2D eigenvalue weighted by atomic mass is 10.2. The fraction of sp³-hybridized carbons (Fsp3) is 0.231. The minimum atomic E-state index is -0.482. The largest absolute Gasteiger partial charge is 0.397 e. The molecule has 18 heavy (non-hydrogen) atoms. The van der Waals surface area contributed by atoms with Crippen molar-refractivity contribution in [2.75, 3.05) is 24.2 Å². The molecule has 0 aliphatic rings. The van der Waals surface area contributed by atoms with Gasteiger partial charge in [-0.15, -0.1) is 11.3 Å². The highest BCUT2D eigenvalue weighted by Crippen LogP contribution is 2.28. The van der Waals surface area contributed by atoms with Crippen molar-refractivity contribution in [1.82, 2.24) is 0 Å². The van der Waals surface area contributed by atoms with Crippen LogP contribution in [0.15, 0.2) is 29.6 Å². The monoisotopic (exact) mass is 284 g/mol. The zero-order valence-corrected chi connectivity index (χ0v) is 11.6. The zero-order valence-electron chi connectivity index (χ0n) is 9.99. The van der Waals surface area contributed by atoms with Crippen LogP contribution in [0, 0.1) is 5.82 Å². The minimum Gasteiger partial charge on any atom is -0.397 e. The SMILES string of the molecule is CN(CCc1cccs1)c1cc(Cl)c(F)cc1N. The molecule has 0 radical (unpaired) electrons. The molecule has 2 N–H and O–H groups in total. The van der Waals surface area contributed by atoms with Crippen molar-refractivity contribution in [3.63, 3.8) is 0 Å². The Labute approximate surface area is 115 Å². The maximum absolute atomic E-state index is 13.2. The van der Waals surface area contributed by atoms with E-state index in [0.29, 0.717) is 5.69 Å². The minimum absolute atomic E-state index is 0.0992. The first kappa shape index (κ1) is 13.2. The van der Waals surface area contributed by atoms with Crippen LogP contribution in [-0.2, 0) is 6.42 Å². The molecule has 2 rings (SSSR count). The highest BCUT2D eigenvalue weighted by atomic mass is 35.5. The van der Waals surface area contributed by atoms with Crippen LogP contribution in [0.25, 0.3) is 0 Å². The Balaban J connectivity index is 2.09. The lowest BCUT2D eigenvalue weighted by molar-refractivity contribution is 0.628. The molecule has 0 aliphatic carbocycles. The van der Waals surface area contributed by atoms with Gasteiger partial charge in [0.05, 0.1) is 16.4 Å². The number of nitrogen functional groups attached to an aromatic ring is 1. The number of nitrogens with two attached hydrogens (primary N) is 1. The van der Waals surface area contributed by atoms with Crippen molar-refractivity contribution in [2.24, 2.45) is 0 Å². The lowest BCUT2D eigenvalue weighted by Crippen LogP contribution is -2.21. The van der Waals surface area contributed by atoms with Gasteiger partial charge in [-0.1, -0.05) is 17.7 Å². The van der Waals surface area contributed by atoms with E-state index < -0.39 is 5.82 Å². The average molecular weight is 285 g/mol. The Kier molecular flexibility index (Phi) is 4.09. The molecular weight excluding hydrogens is 271 g/mol. The molecule has 2 nitrogen and oxygen atoms in total. The number of nitrogens with zero attached hydrogens (tertiary/aromatic N) is 1. The Morgan fingerprint density at radius 3 is 2.89 bits per heavy atom. The second kappa shape index (κ2) is 5.59. The van der Waals surface area contributed by atoms with Gasteiger partial charge in [-0.2, -0.15) is 0 Å². The Bertz CT molecular complexity index is 528. The van der Waals surface area contributed by atoms with Crippen LogP contribution in [-0.4, -0.2) is 13.6 Å². The summed E-state index contributed by atoms with van der Waals surface area (Å²) in [6.07, 6.45) is 0.933. The van der Waals surface area contributed by atoms with E-state index in [9.17, 15) is 4.39 Å². The summed E-state index contributed by atoms with van der Waals surface area (Å²) in [4.78, 5) is 3.30. The van der Waals surface area contributed by atoms with E-state index in [4.69, 9.17) is 17.3 Å². The maximum atomic E-state index is 13.2. The molecule has 1 heterocycles. The van der Waals surface area contributed by atoms with Crippen molar-refractivity contribution in [3.8, 4) is 0 Å². The summed E-state index contributed by atoms with van der Waals surface area (Å²) in [5.74, 6) is -0.482. The first-order valence-corrected chi connectivity index (χ1v) is 6.81. The molecule has 1 aromatic carbocycles. The van der Waals surface area contributed by atoms with Crippen molar-refractivity contribution >= 4 is 34.3 Å². The molecule has 0 fully saturated rings. The topological polar surface area (TPSA) is 29.3 Å². The summed E-state index contributed by atoms with van der Waals surface area (Å²) < 4.78 is 13.2. The lowest BCUT2D eigenvalue weighted by Gasteiger charge is -2.21. The standard InChI is InChI=1S/C13H14ClFN2S/c1-17(5-4-9-3-2-6-18-9)13-7-10(14)11(15)8-12(13)16/h2-3,6-8H,4-5,16H2,1H3. The number of halogens is 2. The Morgan fingerprint density at radius 2 is 2.22 bits per heavy atom. The first-order chi connectivity index (χ1) is 8.58. The zero-order chi connectivity index (χ0) is 13.1. The van der Waals surface area contributed by atoms with Crippen molar-refractivity contribution in [3.05, 3.63) is 45.4 Å². The Hall–Kier alpha value is -1.26. The van der Waals surface area contributed by atoms with E-state index >= 15 is 0 Å². The van der Waals surface area contributed by atoms with Gasteiger partial charge in [0.25, 0.3) is 0 Å². The fourth-order valence-corrected chi connectivity index (χ4v) is 2.59. The van der Waals surface area contributed by atoms with Gasteiger partial charge in [0.2, 0.25) is 0 Å². The number of thiophene rings is 1. The van der Waals surface area contributed by atoms with Crippen molar-refractivity contribution < 1.29 is 4.39 Å². The van der Waals surface area contributed by atoms with E-state index in [1.807, 2.05) is 18.0 Å². The molecule has 0 bridgehead atoms. The van der Waals surface area contributed by atoms with Crippen LogP contribution in [0.4, 0.5) is 15.8 Å². The van der Waals surface area contributed by atoms with Gasteiger partial charge in [-0.3, -0.25) is 0 Å². The van der Waals surface area contributed by atoms with Gasteiger partial charge in [0.1, 0.15) is 5.82 Å². The number of anilines is 2. The summed E-state index contributed by atoms with van der Waals surface area (Å²) in [6.45, 7) is 0.812. The van der Waals surface area contributed by atoms with Crippen LogP contribution in [0.5, 0.6) is 0 Å². The van der Waals surface area contributed by atoms with Crippen LogP contribution >= 0.6 is 22.9 Å². The smallest absolute Gasteiger partial charge is 0.143 e. The average Bonchev–Trinajstić information content (AvgIpc) is 2.84. The van der Waals surface area contributed by atoms with Gasteiger partial charge >= 0.3 is 0 Å². The maximum Gasteiger partial charge on any atom is 0.143 e. The number of hydrogen-bond donors (Lipinski definition) is 1. The summed E-state index contributed by atoms with van der Waals surface area (Å²) in [5.41, 5.74) is 6.97. The molecule has 96 valence electrons. The van der Waals surface area contributed by atoms with Crippen LogP contribution in [0.3, 0.4) is 0 Å². The number of hydrogen-bond acceptors (Lipinski definition) is 3. The summed E-state index contributed by atoms with van der Waals surface area (Å²) >= 11 is 7.50. The molecule has 0 spiro atoms. The Morgan fingerprint density at radius 1 is 1.44 bits per heavy atom. The third-order valence-corrected chi connectivity index (χ3v) is 3.98. The molecule has 1 aromatic heterocycles. The van der Waals surface area contributed by atoms with Crippen molar-refractivity contribution in [2.45, 2.75) is 6.42 Å². The molecule has 0 amide bonds. The molecule has 0 saturated heterocycles. The fourth-order valence-electron chi connectivity index (χ4n) is 1.74. The van der Waals surface area contributed by atoms with Crippen LogP contribution in [0.1, 0.15) is 4.88 Å². The normalized spacial score (nSPS) is 10.6. The first-order valence-electron chi connectivity index (χ1n) is 5.56. The molecule has 0 unspecified atom stereocenters. The third kappa shape index (κ3) is 2.94. The van der Waals surface area contributed by atoms with E-state index in [1.165, 1.54) is 10.9 Å². The predicted octanol–water partition coefficient (Wildman–Crippen LogP) is 3.80. The van der Waals surface area contributed by atoms with Gasteiger partial charge in [-0.25, -0.2) is 4.39 Å². The van der Waals surface area contributed by atoms with Crippen LogP contribution in [0.2, 0.25) is 5.02 Å². The van der Waals surface area contributed by atoms with Crippen LogP contribution < -0.4 is 10.6 Å². The quantitative estimate of drug-likeness (QED) is 0.865. The van der Waals surface area contributed by atoms with E-state index in [0.717, 1.165) is 18.7 Å². The summed E-state index contributed by atoms with van der Waals surface area (Å²) in [5, 5.41) is 2.15. The van der Waals surface area contributed by atoms with Gasteiger partial charge in [0, 0.05) is 24.5 Å². The molecule has 0 atom stereocenters. The van der Waals surface area contributed by atoms with E-state index in [2.05, 4.69) is 11.4 Å². The van der Waals surface area contributed by atoms with E-state index in [-0.39, 0.29) is 5.02 Å². The highest BCUT2D eigenvalue weighted by molar-refractivity contribution is 7.09. The highest BCUT2D eigenvalue weighted by Gasteiger charge is 2.10. The van der Waals surface area contributed by atoms with E-state index in [1.54, 1.807) is 17.4 Å². The number of likely N-dealkylation sites (N-methyl/N-ethyl adjacent to an activating group) is 1. The third-order valence-electron chi connectivity index (χ3n) is 2.75. The van der Waals surface area contributed by atoms with Gasteiger partial charge in [0.15, 0.2) is 0 Å². The molecule has 0 aliphatic heterocycles. The molecule has 0 saturated carbocycles. The second-order valence-corrected chi connectivity index (χ2v) is 5.52. The summed E-state index contributed by atoms with van der Waals surface area (Å²) in [7, 11) is 1.92. The van der Waals surface area contributed by atoms with Gasteiger partial charge in [-0.05, 0) is 23.9 Å². The van der Waals surface area contributed by atoms with Crippen molar-refractivity contribution in [1.29, 1.82) is 0 Å².